The summed E-state index contributed by atoms with van der Waals surface area (Å²) in [5.41, 5.74) is 1.20. The number of rotatable bonds is 2. The van der Waals surface area contributed by atoms with Gasteiger partial charge in [-0.05, 0) is 23.6 Å². The first-order valence-electron chi connectivity index (χ1n) is 6.99. The van der Waals surface area contributed by atoms with Gasteiger partial charge in [0, 0.05) is 11.6 Å². The minimum Gasteiger partial charge on any atom is -0.258 e. The Morgan fingerprint density at radius 2 is 1.84 bits per heavy atom. The molecule has 0 heterocycles. The predicted octanol–water partition coefficient (Wildman–Crippen LogP) is 3.99. The largest absolute Gasteiger partial charge is 0.284 e. The normalized spacial score (nSPS) is 13.2. The van der Waals surface area contributed by atoms with Gasteiger partial charge in [0.05, 0.1) is 34.1 Å². The molecule has 0 saturated heterocycles. The molecule has 25 heavy (non-hydrogen) atoms. The molecule has 8 heteroatoms. The first kappa shape index (κ1) is 15.8. The van der Waals surface area contributed by atoms with Crippen molar-refractivity contribution in [3.63, 3.8) is 0 Å². The molecule has 0 spiro atoms. The van der Waals surface area contributed by atoms with Gasteiger partial charge in [0.2, 0.25) is 0 Å². The van der Waals surface area contributed by atoms with Crippen LogP contribution in [-0.2, 0) is 0 Å². The summed E-state index contributed by atoms with van der Waals surface area (Å²) in [6, 6.07) is 8.97. The van der Waals surface area contributed by atoms with E-state index in [1.807, 2.05) is 6.92 Å². The van der Waals surface area contributed by atoms with Crippen LogP contribution in [0.5, 0.6) is 0 Å². The lowest BCUT2D eigenvalue weighted by Gasteiger charge is -2.03. The number of fused-ring (bicyclic) bond motifs is 3. The van der Waals surface area contributed by atoms with Crippen molar-refractivity contribution in [3.8, 4) is 17.2 Å². The fraction of sp³-hybridized carbons (Fsp3) is 0.0588. The summed E-state index contributed by atoms with van der Waals surface area (Å²) in [4.78, 5) is 24.4. The zero-order chi connectivity index (χ0) is 18.3. The number of non-ortho nitro benzene ring substituents is 1. The van der Waals surface area contributed by atoms with Gasteiger partial charge in [-0.2, -0.15) is 0 Å². The Morgan fingerprint density at radius 1 is 1.12 bits per heavy atom. The van der Waals surface area contributed by atoms with Gasteiger partial charge in [0.15, 0.2) is 0 Å². The number of nitrogens with zero attached hydrogens (tertiary/aromatic N) is 4. The van der Waals surface area contributed by atoms with E-state index in [4.69, 9.17) is 6.57 Å². The van der Waals surface area contributed by atoms with Crippen molar-refractivity contribution in [1.82, 2.24) is 0 Å². The van der Waals surface area contributed by atoms with E-state index in [0.29, 0.717) is 11.1 Å². The highest BCUT2D eigenvalue weighted by Gasteiger charge is 2.35. The molecule has 0 bridgehead atoms. The fourth-order valence-electron chi connectivity index (χ4n) is 2.96. The zero-order valence-corrected chi connectivity index (χ0v) is 12.8. The van der Waals surface area contributed by atoms with E-state index in [-0.39, 0.29) is 22.4 Å². The van der Waals surface area contributed by atoms with Gasteiger partial charge in [-0.15, -0.1) is 0 Å². The molecule has 0 N–H and O–H groups in total. The number of benzene rings is 2. The molecule has 1 aliphatic rings. The highest BCUT2D eigenvalue weighted by Crippen LogP contribution is 2.51. The summed E-state index contributed by atoms with van der Waals surface area (Å²) in [5.74, 6) is 0. The van der Waals surface area contributed by atoms with Gasteiger partial charge in [0.1, 0.15) is 0 Å². The molecule has 0 aliphatic heterocycles. The van der Waals surface area contributed by atoms with E-state index in [0.717, 1.165) is 11.6 Å². The average Bonchev–Trinajstić information content (AvgIpc) is 2.89. The van der Waals surface area contributed by atoms with Gasteiger partial charge in [-0.3, -0.25) is 20.2 Å². The van der Waals surface area contributed by atoms with Crippen LogP contribution in [-0.4, -0.2) is 9.85 Å². The van der Waals surface area contributed by atoms with Gasteiger partial charge >= 0.3 is 0 Å². The van der Waals surface area contributed by atoms with Gasteiger partial charge in [-0.25, -0.2) is 10.1 Å². The lowest BCUT2D eigenvalue weighted by molar-refractivity contribution is -0.393. The maximum absolute atomic E-state index is 11.5. The first-order valence-corrected chi connectivity index (χ1v) is 6.99. The molecule has 0 unspecified atom stereocenters. The molecule has 3 rings (SSSR count). The van der Waals surface area contributed by atoms with E-state index in [9.17, 15) is 25.5 Å². The maximum atomic E-state index is 11.5. The highest BCUT2D eigenvalue weighted by molar-refractivity contribution is 6.06. The summed E-state index contributed by atoms with van der Waals surface area (Å²) in [7, 11) is 0. The Balaban J connectivity index is 2.55. The van der Waals surface area contributed by atoms with Crippen molar-refractivity contribution < 1.29 is 9.85 Å². The summed E-state index contributed by atoms with van der Waals surface area (Å²) in [5, 5.41) is 31.9. The second-order valence-corrected chi connectivity index (χ2v) is 5.40. The lowest BCUT2D eigenvalue weighted by atomic mass is 10.0. The Bertz CT molecular complexity index is 1070. The minimum absolute atomic E-state index is 0.161. The van der Waals surface area contributed by atoms with E-state index in [1.165, 1.54) is 6.07 Å². The molecule has 0 saturated carbocycles. The minimum atomic E-state index is -0.733. The van der Waals surface area contributed by atoms with Crippen LogP contribution in [0.1, 0.15) is 16.7 Å². The zero-order valence-electron chi connectivity index (χ0n) is 12.8. The van der Waals surface area contributed by atoms with Crippen LogP contribution in [0.3, 0.4) is 0 Å². The van der Waals surface area contributed by atoms with E-state index in [1.54, 1.807) is 24.3 Å². The van der Waals surface area contributed by atoms with Crippen molar-refractivity contribution in [2.24, 2.45) is 0 Å². The second-order valence-electron chi connectivity index (χ2n) is 5.40. The van der Waals surface area contributed by atoms with Crippen LogP contribution in [0.2, 0.25) is 0 Å². The third-order valence-electron chi connectivity index (χ3n) is 3.95. The van der Waals surface area contributed by atoms with E-state index < -0.39 is 21.2 Å². The molecule has 8 nitrogen and oxygen atoms in total. The van der Waals surface area contributed by atoms with Crippen LogP contribution in [0.25, 0.3) is 21.5 Å². The molecule has 0 atom stereocenters. The van der Waals surface area contributed by atoms with Crippen molar-refractivity contribution in [2.75, 3.05) is 0 Å². The third-order valence-corrected chi connectivity index (χ3v) is 3.95. The first-order chi connectivity index (χ1) is 11.9. The maximum Gasteiger partial charge on any atom is 0.284 e. The van der Waals surface area contributed by atoms with Gasteiger partial charge < -0.3 is 0 Å². The smallest absolute Gasteiger partial charge is 0.258 e. The summed E-state index contributed by atoms with van der Waals surface area (Å²) in [6.07, 6.45) is 0. The molecular weight excluding hydrogens is 324 g/mol. The van der Waals surface area contributed by atoms with Gasteiger partial charge in [-0.1, -0.05) is 23.8 Å². The summed E-state index contributed by atoms with van der Waals surface area (Å²) >= 11 is 0. The quantitative estimate of drug-likeness (QED) is 0.304. The number of hydrogen-bond acceptors (Lipinski definition) is 5. The number of hydrogen-bond donors (Lipinski definition) is 0. The SMILES string of the molecule is [C-]#[N+]/C(C#N)=C1\c2cc(C)ccc2-c2c1cc([N+](=O)[O-])cc2[N+](=O)[O-]. The molecule has 2 aromatic carbocycles. The van der Waals surface area contributed by atoms with Crippen LogP contribution in [0.15, 0.2) is 36.0 Å². The van der Waals surface area contributed by atoms with Crippen LogP contribution in [0.4, 0.5) is 11.4 Å². The molecule has 0 radical (unpaired) electrons. The third kappa shape index (κ3) is 2.30. The monoisotopic (exact) mass is 332 g/mol. The van der Waals surface area contributed by atoms with Crippen LogP contribution < -0.4 is 0 Å². The van der Waals surface area contributed by atoms with Crippen LogP contribution in [0, 0.1) is 45.1 Å². The Labute approximate surface area is 141 Å². The fourth-order valence-corrected chi connectivity index (χ4v) is 2.96. The van der Waals surface area contributed by atoms with Crippen molar-refractivity contribution in [1.29, 1.82) is 5.26 Å². The van der Waals surface area contributed by atoms with Gasteiger partial charge in [0.25, 0.3) is 17.1 Å². The number of nitro groups is 2. The Hall–Kier alpha value is -4.04. The Kier molecular flexibility index (Phi) is 3.52. The topological polar surface area (TPSA) is 114 Å². The molecule has 0 fully saturated rings. The van der Waals surface area contributed by atoms with Crippen LogP contribution >= 0.6 is 0 Å². The Morgan fingerprint density at radius 3 is 2.40 bits per heavy atom. The second kappa shape index (κ2) is 5.55. The average molecular weight is 332 g/mol. The number of nitro benzene ring substituents is 2. The summed E-state index contributed by atoms with van der Waals surface area (Å²) in [6.45, 7) is 9.02. The highest BCUT2D eigenvalue weighted by atomic mass is 16.6. The molecule has 2 aromatic rings. The predicted molar refractivity (Wildman–Crippen MR) is 88.2 cm³/mol. The molecule has 0 amide bonds. The number of allylic oxidation sites excluding steroid dienone is 1. The van der Waals surface area contributed by atoms with Crippen molar-refractivity contribution in [3.05, 3.63) is 84.4 Å². The standard InChI is InChI=1S/C17H8N4O4/c1-9-3-4-11-12(5-9)16(14(8-18)19-2)13-6-10(20(22)23)7-15(17(11)13)21(24)25/h3-7H,1H3/b16-14+. The molecule has 120 valence electrons. The lowest BCUT2D eigenvalue weighted by Crippen LogP contribution is -1.97. The van der Waals surface area contributed by atoms with E-state index >= 15 is 0 Å². The molecule has 0 aromatic heterocycles. The molecular formula is C17H8N4O4. The molecule has 1 aliphatic carbocycles. The number of aryl methyl sites for hydroxylation is 1. The van der Waals surface area contributed by atoms with E-state index in [2.05, 4.69) is 4.85 Å². The van der Waals surface area contributed by atoms with Crippen molar-refractivity contribution >= 4 is 16.9 Å². The number of nitriles is 1. The van der Waals surface area contributed by atoms with Crippen molar-refractivity contribution in [2.45, 2.75) is 6.92 Å². The summed E-state index contributed by atoms with van der Waals surface area (Å²) < 4.78 is 0.